The Hall–Kier alpha value is -1.59. The molecule has 2 atom stereocenters. The minimum Gasteiger partial charge on any atom is -0.468 e. The van der Waals surface area contributed by atoms with Gasteiger partial charge in [-0.1, -0.05) is 0 Å². The number of thiophene rings is 1. The Kier molecular flexibility index (Phi) is 3.31. The molecule has 5 heteroatoms. The van der Waals surface area contributed by atoms with Crippen LogP contribution in [0.1, 0.15) is 22.5 Å². The van der Waals surface area contributed by atoms with Gasteiger partial charge in [-0.05, 0) is 42.5 Å². The number of hydrogen-bond donors (Lipinski definition) is 0. The summed E-state index contributed by atoms with van der Waals surface area (Å²) in [5, 5.41) is 3.91. The van der Waals surface area contributed by atoms with E-state index in [2.05, 4.69) is 4.90 Å². The first-order valence-corrected chi connectivity index (χ1v) is 8.33. The van der Waals surface area contributed by atoms with Crippen molar-refractivity contribution in [1.29, 1.82) is 0 Å². The summed E-state index contributed by atoms with van der Waals surface area (Å²) in [7, 11) is 0. The van der Waals surface area contributed by atoms with E-state index in [0.29, 0.717) is 12.0 Å². The Labute approximate surface area is 128 Å². The van der Waals surface area contributed by atoms with Crippen molar-refractivity contribution < 1.29 is 9.21 Å². The van der Waals surface area contributed by atoms with Crippen LogP contribution >= 0.6 is 11.3 Å². The van der Waals surface area contributed by atoms with Gasteiger partial charge in [0.05, 0.1) is 18.4 Å². The van der Waals surface area contributed by atoms with E-state index >= 15 is 0 Å². The van der Waals surface area contributed by atoms with Gasteiger partial charge in [-0.15, -0.1) is 0 Å². The summed E-state index contributed by atoms with van der Waals surface area (Å²) in [5.74, 6) is 1.81. The van der Waals surface area contributed by atoms with E-state index in [1.165, 1.54) is 6.42 Å². The second-order valence-corrected chi connectivity index (χ2v) is 6.67. The van der Waals surface area contributed by atoms with Crippen molar-refractivity contribution in [1.82, 2.24) is 9.80 Å². The minimum absolute atomic E-state index is 0.184. The van der Waals surface area contributed by atoms with Gasteiger partial charge < -0.3 is 9.32 Å². The first-order chi connectivity index (χ1) is 10.3. The van der Waals surface area contributed by atoms with Crippen LogP contribution in [-0.4, -0.2) is 41.4 Å². The summed E-state index contributed by atoms with van der Waals surface area (Å²) in [6.45, 7) is 3.71. The number of carbonyl (C=O) groups excluding carboxylic acids is 1. The molecule has 2 aliphatic rings. The van der Waals surface area contributed by atoms with Crippen LogP contribution in [0, 0.1) is 5.92 Å². The molecule has 4 heterocycles. The predicted octanol–water partition coefficient (Wildman–Crippen LogP) is 2.69. The molecule has 0 radical (unpaired) electrons. The molecule has 2 aromatic heterocycles. The molecular formula is C16H18N2O2S. The molecule has 0 saturated carbocycles. The average molecular weight is 302 g/mol. The Morgan fingerprint density at radius 2 is 2.33 bits per heavy atom. The highest BCUT2D eigenvalue weighted by molar-refractivity contribution is 7.08. The molecule has 1 amide bonds. The van der Waals surface area contributed by atoms with Gasteiger partial charge in [0.2, 0.25) is 0 Å². The largest absolute Gasteiger partial charge is 0.468 e. The molecule has 0 bridgehead atoms. The van der Waals surface area contributed by atoms with E-state index in [0.717, 1.165) is 37.5 Å². The molecule has 2 aromatic rings. The summed E-state index contributed by atoms with van der Waals surface area (Å²) < 4.78 is 5.46. The summed E-state index contributed by atoms with van der Waals surface area (Å²) >= 11 is 1.58. The molecular weight excluding hydrogens is 284 g/mol. The van der Waals surface area contributed by atoms with E-state index in [1.54, 1.807) is 17.6 Å². The third-order valence-electron chi connectivity index (χ3n) is 4.66. The van der Waals surface area contributed by atoms with Crippen molar-refractivity contribution >= 4 is 17.2 Å². The SMILES string of the molecule is O=C(c1ccsc1)N1C[C@@H]2CCN(Cc3ccco3)[C@@H]2C1. The summed E-state index contributed by atoms with van der Waals surface area (Å²) in [6.07, 6.45) is 2.91. The summed E-state index contributed by atoms with van der Waals surface area (Å²) in [5.41, 5.74) is 0.831. The van der Waals surface area contributed by atoms with Crippen LogP contribution in [0.3, 0.4) is 0 Å². The van der Waals surface area contributed by atoms with E-state index in [1.807, 2.05) is 33.9 Å². The van der Waals surface area contributed by atoms with Gasteiger partial charge >= 0.3 is 0 Å². The van der Waals surface area contributed by atoms with Crippen molar-refractivity contribution in [3.63, 3.8) is 0 Å². The maximum absolute atomic E-state index is 12.5. The van der Waals surface area contributed by atoms with Crippen LogP contribution in [-0.2, 0) is 6.54 Å². The fourth-order valence-electron chi connectivity index (χ4n) is 3.58. The van der Waals surface area contributed by atoms with Gasteiger partial charge in [0.1, 0.15) is 5.76 Å². The van der Waals surface area contributed by atoms with Gasteiger partial charge in [-0.3, -0.25) is 9.69 Å². The molecule has 0 spiro atoms. The zero-order chi connectivity index (χ0) is 14.2. The van der Waals surface area contributed by atoms with Crippen LogP contribution < -0.4 is 0 Å². The normalized spacial score (nSPS) is 25.4. The van der Waals surface area contributed by atoms with Gasteiger partial charge in [0.15, 0.2) is 0 Å². The van der Waals surface area contributed by atoms with Crippen LogP contribution in [0.25, 0.3) is 0 Å². The maximum atomic E-state index is 12.5. The maximum Gasteiger partial charge on any atom is 0.254 e. The van der Waals surface area contributed by atoms with Crippen molar-refractivity contribution in [2.45, 2.75) is 19.0 Å². The lowest BCUT2D eigenvalue weighted by molar-refractivity contribution is 0.0770. The number of rotatable bonds is 3. The smallest absolute Gasteiger partial charge is 0.254 e. The fourth-order valence-corrected chi connectivity index (χ4v) is 4.21. The summed E-state index contributed by atoms with van der Waals surface area (Å²) in [6, 6.07) is 6.36. The number of amides is 1. The van der Waals surface area contributed by atoms with Crippen LogP contribution in [0.2, 0.25) is 0 Å². The van der Waals surface area contributed by atoms with Crippen LogP contribution in [0.4, 0.5) is 0 Å². The molecule has 110 valence electrons. The Morgan fingerprint density at radius 3 is 3.10 bits per heavy atom. The van der Waals surface area contributed by atoms with E-state index in [-0.39, 0.29) is 5.91 Å². The first kappa shape index (κ1) is 13.1. The Balaban J connectivity index is 1.44. The number of carbonyl (C=O) groups is 1. The zero-order valence-electron chi connectivity index (χ0n) is 11.8. The third-order valence-corrected chi connectivity index (χ3v) is 5.34. The quantitative estimate of drug-likeness (QED) is 0.874. The van der Waals surface area contributed by atoms with Gasteiger partial charge in [0.25, 0.3) is 5.91 Å². The molecule has 0 unspecified atom stereocenters. The van der Waals surface area contributed by atoms with Gasteiger partial charge in [-0.25, -0.2) is 0 Å². The molecule has 0 aromatic carbocycles. The number of furan rings is 1. The predicted molar refractivity (Wildman–Crippen MR) is 81.2 cm³/mol. The van der Waals surface area contributed by atoms with Gasteiger partial charge in [0, 0.05) is 24.5 Å². The topological polar surface area (TPSA) is 36.7 Å². The second-order valence-electron chi connectivity index (χ2n) is 5.89. The van der Waals surface area contributed by atoms with E-state index in [9.17, 15) is 4.79 Å². The van der Waals surface area contributed by atoms with Crippen molar-refractivity contribution in [3.8, 4) is 0 Å². The standard InChI is InChI=1S/C16H18N2O2S/c19-16(13-4-7-21-11-13)18-8-12-3-5-17(15(12)10-18)9-14-2-1-6-20-14/h1-2,4,6-7,11-12,15H,3,5,8-10H2/t12-,15+/m0/s1. The van der Waals surface area contributed by atoms with Crippen molar-refractivity contribution in [2.24, 2.45) is 5.92 Å². The minimum atomic E-state index is 0.184. The lowest BCUT2D eigenvalue weighted by atomic mass is 10.1. The van der Waals surface area contributed by atoms with E-state index < -0.39 is 0 Å². The highest BCUT2D eigenvalue weighted by Crippen LogP contribution is 2.33. The van der Waals surface area contributed by atoms with Crippen LogP contribution in [0.5, 0.6) is 0 Å². The monoisotopic (exact) mass is 302 g/mol. The molecule has 4 rings (SSSR count). The van der Waals surface area contributed by atoms with Crippen LogP contribution in [0.15, 0.2) is 39.6 Å². The number of nitrogens with zero attached hydrogens (tertiary/aromatic N) is 2. The Bertz CT molecular complexity index is 608. The molecule has 0 aliphatic carbocycles. The molecule has 2 aliphatic heterocycles. The average Bonchev–Trinajstić information content (AvgIpc) is 3.26. The first-order valence-electron chi connectivity index (χ1n) is 7.39. The highest BCUT2D eigenvalue weighted by Gasteiger charge is 2.42. The van der Waals surface area contributed by atoms with Crippen molar-refractivity contribution in [2.75, 3.05) is 19.6 Å². The summed E-state index contributed by atoms with van der Waals surface area (Å²) in [4.78, 5) is 16.9. The second kappa shape index (κ2) is 5.31. The Morgan fingerprint density at radius 1 is 1.38 bits per heavy atom. The number of hydrogen-bond acceptors (Lipinski definition) is 4. The number of fused-ring (bicyclic) bond motifs is 1. The highest BCUT2D eigenvalue weighted by atomic mass is 32.1. The zero-order valence-corrected chi connectivity index (χ0v) is 12.6. The van der Waals surface area contributed by atoms with E-state index in [4.69, 9.17) is 4.42 Å². The molecule has 4 nitrogen and oxygen atoms in total. The third kappa shape index (κ3) is 2.40. The number of likely N-dealkylation sites (tertiary alicyclic amines) is 2. The van der Waals surface area contributed by atoms with Gasteiger partial charge in [-0.2, -0.15) is 11.3 Å². The lowest BCUT2D eigenvalue weighted by Gasteiger charge is -2.23. The molecule has 2 fully saturated rings. The van der Waals surface area contributed by atoms with Crippen molar-refractivity contribution in [3.05, 3.63) is 46.5 Å². The molecule has 2 saturated heterocycles. The fraction of sp³-hybridized carbons (Fsp3) is 0.438. The molecule has 0 N–H and O–H groups in total. The molecule has 21 heavy (non-hydrogen) atoms. The lowest BCUT2D eigenvalue weighted by Crippen LogP contribution is -2.36.